The fraction of sp³-hybridized carbons (Fsp3) is 0.529. The number of aliphatic imine (C=N–C) groups is 1. The Labute approximate surface area is 148 Å². The average molecular weight is 349 g/mol. The molecule has 0 amide bonds. The summed E-state index contributed by atoms with van der Waals surface area (Å²) in [5, 5.41) is 13.2. The third-order valence-electron chi connectivity index (χ3n) is 4.02. The minimum absolute atomic E-state index is 0.243. The van der Waals surface area contributed by atoms with Crippen molar-refractivity contribution in [1.82, 2.24) is 25.3 Å². The standard InChI is InChI=1S/C17H28N6S/c1-13(16-7-6-8-24-16)9-19-17(18-2)20-11-15(22(3)4)14-10-21-23(5)12-14/h6-8,10,12-13,15H,9,11H2,1-5H3,(H2,18,19,20). The molecule has 132 valence electrons. The molecule has 2 rings (SSSR count). The lowest BCUT2D eigenvalue weighted by Gasteiger charge is -2.25. The van der Waals surface area contributed by atoms with Crippen molar-refractivity contribution in [1.29, 1.82) is 0 Å². The summed E-state index contributed by atoms with van der Waals surface area (Å²) < 4.78 is 1.83. The third kappa shape index (κ3) is 5.07. The zero-order valence-corrected chi connectivity index (χ0v) is 16.0. The molecule has 7 heteroatoms. The summed E-state index contributed by atoms with van der Waals surface area (Å²) in [5.41, 5.74) is 1.19. The Balaban J connectivity index is 1.87. The van der Waals surface area contributed by atoms with Crippen LogP contribution < -0.4 is 10.6 Å². The van der Waals surface area contributed by atoms with Crippen LogP contribution in [-0.4, -0.2) is 54.9 Å². The minimum atomic E-state index is 0.243. The fourth-order valence-corrected chi connectivity index (χ4v) is 3.33. The average Bonchev–Trinajstić information content (AvgIpc) is 3.21. The van der Waals surface area contributed by atoms with Crippen LogP contribution in [0.25, 0.3) is 0 Å². The highest BCUT2D eigenvalue weighted by Gasteiger charge is 2.16. The molecular weight excluding hydrogens is 320 g/mol. The minimum Gasteiger partial charge on any atom is -0.356 e. The van der Waals surface area contributed by atoms with Crippen LogP contribution >= 0.6 is 11.3 Å². The van der Waals surface area contributed by atoms with Crippen molar-refractivity contribution in [2.45, 2.75) is 18.9 Å². The first-order valence-electron chi connectivity index (χ1n) is 8.14. The molecular formula is C17H28N6S. The second-order valence-corrected chi connectivity index (χ2v) is 7.16. The summed E-state index contributed by atoms with van der Waals surface area (Å²) in [6.07, 6.45) is 3.98. The lowest BCUT2D eigenvalue weighted by molar-refractivity contribution is 0.298. The maximum Gasteiger partial charge on any atom is 0.191 e. The van der Waals surface area contributed by atoms with Gasteiger partial charge in [0, 0.05) is 49.7 Å². The summed E-state index contributed by atoms with van der Waals surface area (Å²) in [4.78, 5) is 7.90. The third-order valence-corrected chi connectivity index (χ3v) is 5.13. The molecule has 0 bridgehead atoms. The van der Waals surface area contributed by atoms with Crippen molar-refractivity contribution in [3.8, 4) is 0 Å². The highest BCUT2D eigenvalue weighted by atomic mass is 32.1. The SMILES string of the molecule is CN=C(NCC(C)c1cccs1)NCC(c1cnn(C)c1)N(C)C. The van der Waals surface area contributed by atoms with Crippen molar-refractivity contribution in [2.24, 2.45) is 12.0 Å². The smallest absolute Gasteiger partial charge is 0.191 e. The molecule has 2 unspecified atom stereocenters. The topological polar surface area (TPSA) is 57.5 Å². The number of aryl methyl sites for hydroxylation is 1. The van der Waals surface area contributed by atoms with E-state index in [0.29, 0.717) is 5.92 Å². The van der Waals surface area contributed by atoms with Crippen molar-refractivity contribution in [2.75, 3.05) is 34.2 Å². The van der Waals surface area contributed by atoms with E-state index in [9.17, 15) is 0 Å². The molecule has 2 aromatic rings. The second-order valence-electron chi connectivity index (χ2n) is 6.18. The van der Waals surface area contributed by atoms with Crippen molar-refractivity contribution >= 4 is 17.3 Å². The number of rotatable bonds is 7. The number of hydrogen-bond donors (Lipinski definition) is 2. The number of hydrogen-bond acceptors (Lipinski definition) is 4. The molecule has 0 aliphatic heterocycles. The van der Waals surface area contributed by atoms with Crippen LogP contribution in [-0.2, 0) is 7.05 Å². The molecule has 2 atom stereocenters. The maximum atomic E-state index is 4.33. The van der Waals surface area contributed by atoms with Crippen LogP contribution in [0.4, 0.5) is 0 Å². The van der Waals surface area contributed by atoms with Crippen LogP contribution in [0.5, 0.6) is 0 Å². The monoisotopic (exact) mass is 348 g/mol. The van der Waals surface area contributed by atoms with Crippen LogP contribution in [0.3, 0.4) is 0 Å². The molecule has 0 saturated carbocycles. The molecule has 2 N–H and O–H groups in total. The Hall–Kier alpha value is -1.86. The van der Waals surface area contributed by atoms with E-state index in [1.807, 2.05) is 17.9 Å². The van der Waals surface area contributed by atoms with Crippen LogP contribution in [0.2, 0.25) is 0 Å². The predicted octanol–water partition coefficient (Wildman–Crippen LogP) is 2.05. The van der Waals surface area contributed by atoms with Gasteiger partial charge in [-0.15, -0.1) is 11.3 Å². The highest BCUT2D eigenvalue weighted by molar-refractivity contribution is 7.10. The molecule has 0 aromatic carbocycles. The number of likely N-dealkylation sites (N-methyl/N-ethyl adjacent to an activating group) is 1. The molecule has 0 radical (unpaired) electrons. The van der Waals surface area contributed by atoms with E-state index in [1.54, 1.807) is 18.4 Å². The summed E-state index contributed by atoms with van der Waals surface area (Å²) in [5.74, 6) is 1.29. The first-order chi connectivity index (χ1) is 11.5. The van der Waals surface area contributed by atoms with Gasteiger partial charge < -0.3 is 15.5 Å². The van der Waals surface area contributed by atoms with Crippen molar-refractivity contribution < 1.29 is 0 Å². The zero-order valence-electron chi connectivity index (χ0n) is 15.2. The molecule has 6 nitrogen and oxygen atoms in total. The molecule has 0 aliphatic carbocycles. The Kier molecular flexibility index (Phi) is 6.81. The summed E-state index contributed by atoms with van der Waals surface area (Å²) in [7, 11) is 7.90. The molecule has 0 aliphatic rings. The van der Waals surface area contributed by atoms with Crippen molar-refractivity contribution in [3.63, 3.8) is 0 Å². The summed E-state index contributed by atoms with van der Waals surface area (Å²) >= 11 is 1.80. The van der Waals surface area contributed by atoms with E-state index >= 15 is 0 Å². The van der Waals surface area contributed by atoms with E-state index in [2.05, 4.69) is 70.4 Å². The van der Waals surface area contributed by atoms with Gasteiger partial charge in [0.25, 0.3) is 0 Å². The molecule has 0 fully saturated rings. The molecule has 2 heterocycles. The van der Waals surface area contributed by atoms with E-state index in [-0.39, 0.29) is 6.04 Å². The van der Waals surface area contributed by atoms with Gasteiger partial charge >= 0.3 is 0 Å². The van der Waals surface area contributed by atoms with Gasteiger partial charge in [-0.25, -0.2) is 0 Å². The van der Waals surface area contributed by atoms with Gasteiger partial charge in [-0.1, -0.05) is 13.0 Å². The van der Waals surface area contributed by atoms with E-state index in [0.717, 1.165) is 19.0 Å². The Morgan fingerprint density at radius 3 is 2.67 bits per heavy atom. The van der Waals surface area contributed by atoms with Crippen molar-refractivity contribution in [3.05, 3.63) is 40.3 Å². The van der Waals surface area contributed by atoms with E-state index in [1.165, 1.54) is 10.4 Å². The second kappa shape index (κ2) is 8.84. The first-order valence-corrected chi connectivity index (χ1v) is 9.02. The summed E-state index contributed by atoms with van der Waals surface area (Å²) in [6.45, 7) is 3.86. The van der Waals surface area contributed by atoms with Crippen LogP contribution in [0, 0.1) is 0 Å². The number of nitrogens with zero attached hydrogens (tertiary/aromatic N) is 4. The van der Waals surface area contributed by atoms with Gasteiger partial charge in [0.15, 0.2) is 5.96 Å². The van der Waals surface area contributed by atoms with Crippen LogP contribution in [0.1, 0.15) is 29.3 Å². The molecule has 0 saturated heterocycles. The number of aromatic nitrogens is 2. The Morgan fingerprint density at radius 2 is 2.12 bits per heavy atom. The van der Waals surface area contributed by atoms with E-state index < -0.39 is 0 Å². The van der Waals surface area contributed by atoms with Gasteiger partial charge in [0.1, 0.15) is 0 Å². The molecule has 24 heavy (non-hydrogen) atoms. The lowest BCUT2D eigenvalue weighted by atomic mass is 10.1. The van der Waals surface area contributed by atoms with Gasteiger partial charge in [0.05, 0.1) is 12.2 Å². The first kappa shape index (κ1) is 18.5. The van der Waals surface area contributed by atoms with Gasteiger partial charge in [-0.3, -0.25) is 9.67 Å². The normalized spacial score (nSPS) is 14.7. The zero-order chi connectivity index (χ0) is 17.5. The maximum absolute atomic E-state index is 4.33. The van der Waals surface area contributed by atoms with Gasteiger partial charge in [-0.05, 0) is 25.5 Å². The quantitative estimate of drug-likeness (QED) is 0.594. The largest absolute Gasteiger partial charge is 0.356 e. The van der Waals surface area contributed by atoms with Crippen LogP contribution in [0.15, 0.2) is 34.9 Å². The fourth-order valence-electron chi connectivity index (χ4n) is 2.55. The molecule has 2 aromatic heterocycles. The van der Waals surface area contributed by atoms with E-state index in [4.69, 9.17) is 0 Å². The number of guanidine groups is 1. The molecule has 0 spiro atoms. The highest BCUT2D eigenvalue weighted by Crippen LogP contribution is 2.19. The Bertz CT molecular complexity index is 631. The van der Waals surface area contributed by atoms with Gasteiger partial charge in [0.2, 0.25) is 0 Å². The summed E-state index contributed by atoms with van der Waals surface area (Å²) in [6, 6.07) is 4.52. The predicted molar refractivity (Wildman–Crippen MR) is 102 cm³/mol. The lowest BCUT2D eigenvalue weighted by Crippen LogP contribution is -2.42. The number of thiophene rings is 1. The number of nitrogens with one attached hydrogen (secondary N) is 2. The Morgan fingerprint density at radius 1 is 1.38 bits per heavy atom. The van der Waals surface area contributed by atoms with Gasteiger partial charge in [-0.2, -0.15) is 5.10 Å².